The molecule has 0 unspecified atom stereocenters. The summed E-state index contributed by atoms with van der Waals surface area (Å²) in [6.07, 6.45) is 0. The predicted octanol–water partition coefficient (Wildman–Crippen LogP) is 6.16. The molecule has 0 amide bonds. The van der Waals surface area contributed by atoms with Crippen LogP contribution < -0.4 is 9.47 Å². The number of aromatic hydroxyl groups is 2. The Morgan fingerprint density at radius 1 is 0.500 bits per heavy atom. The van der Waals surface area contributed by atoms with E-state index in [4.69, 9.17) is 9.47 Å². The van der Waals surface area contributed by atoms with Crippen LogP contribution in [0.2, 0.25) is 0 Å². The van der Waals surface area contributed by atoms with Gasteiger partial charge in [0.05, 0.1) is 11.8 Å². The number of hydrogen-bond donors (Lipinski definition) is 4. The Morgan fingerprint density at radius 2 is 0.870 bits per heavy atom. The summed E-state index contributed by atoms with van der Waals surface area (Å²) in [6.45, 7) is 0. The number of phenolic OH excluding ortho intramolecular Hbond substituents is 2. The molecule has 6 aromatic carbocycles. The van der Waals surface area contributed by atoms with E-state index >= 15 is 0 Å². The summed E-state index contributed by atoms with van der Waals surface area (Å²) in [6, 6.07) is 27.0. The molecule has 0 saturated heterocycles. The molecule has 0 bridgehead atoms. The summed E-state index contributed by atoms with van der Waals surface area (Å²) in [5, 5.41) is 47.4. The standard InChI is InChI=1S/C38H22O8/c39-21-9-1-17(2-10-21)23-13-5-19-7-15-25-31-27(19)29(23)35(41)37(43)33(31)34-32-26(45-37)16-8-20-6-14-24(18-3-11-22(40)12-4-18)30(28(20)32)36(42)38(34,44)46-25/h1-16,33-34,39-40,43-44H/t33-,34-,37+,38+/m0/s1. The Hall–Kier alpha value is -5.70. The summed E-state index contributed by atoms with van der Waals surface area (Å²) >= 11 is 0. The van der Waals surface area contributed by atoms with Crippen molar-refractivity contribution in [3.8, 4) is 45.3 Å². The van der Waals surface area contributed by atoms with E-state index in [2.05, 4.69) is 0 Å². The third-order valence-electron chi connectivity index (χ3n) is 10.2. The fraction of sp³-hybridized carbons (Fsp3) is 0.105. The second kappa shape index (κ2) is 8.11. The maximum absolute atomic E-state index is 14.7. The second-order valence-corrected chi connectivity index (χ2v) is 12.4. The zero-order chi connectivity index (χ0) is 31.3. The van der Waals surface area contributed by atoms with Crippen LogP contribution in [-0.4, -0.2) is 43.6 Å². The lowest BCUT2D eigenvalue weighted by Crippen LogP contribution is -2.65. The molecule has 0 fully saturated rings. The van der Waals surface area contributed by atoms with E-state index in [0.717, 1.165) is 10.8 Å². The highest BCUT2D eigenvalue weighted by molar-refractivity contribution is 6.23. The fourth-order valence-electron chi connectivity index (χ4n) is 8.25. The largest absolute Gasteiger partial charge is 0.508 e. The maximum Gasteiger partial charge on any atom is 0.280 e. The van der Waals surface area contributed by atoms with Crippen LogP contribution in [0.25, 0.3) is 43.8 Å². The number of carbonyl (C=O) groups excluding carboxylic acids is 2. The molecule has 0 aromatic heterocycles. The molecule has 0 saturated carbocycles. The van der Waals surface area contributed by atoms with Crippen LogP contribution in [0, 0.1) is 0 Å². The topological polar surface area (TPSA) is 134 Å². The number of carbonyl (C=O) groups is 2. The van der Waals surface area contributed by atoms with Crippen LogP contribution >= 0.6 is 0 Å². The van der Waals surface area contributed by atoms with Gasteiger partial charge in [-0.25, -0.2) is 0 Å². The van der Waals surface area contributed by atoms with Crippen molar-refractivity contribution in [1.29, 1.82) is 0 Å². The zero-order valence-electron chi connectivity index (χ0n) is 23.8. The summed E-state index contributed by atoms with van der Waals surface area (Å²) in [4.78, 5) is 29.4. The molecule has 8 nitrogen and oxygen atoms in total. The van der Waals surface area contributed by atoms with Gasteiger partial charge in [-0.1, -0.05) is 60.7 Å². The minimum atomic E-state index is -2.47. The monoisotopic (exact) mass is 606 g/mol. The Balaban J connectivity index is 1.32. The molecule has 8 heteroatoms. The highest BCUT2D eigenvalue weighted by Crippen LogP contribution is 2.66. The summed E-state index contributed by atoms with van der Waals surface area (Å²) in [5.74, 6) is -8.19. The molecule has 0 radical (unpaired) electrons. The van der Waals surface area contributed by atoms with Crippen molar-refractivity contribution in [2.75, 3.05) is 0 Å². The summed E-state index contributed by atoms with van der Waals surface area (Å²) in [7, 11) is 0. The van der Waals surface area contributed by atoms with Gasteiger partial charge in [-0.05, 0) is 69.4 Å². The Kier molecular flexibility index (Phi) is 4.52. The van der Waals surface area contributed by atoms with E-state index in [1.54, 1.807) is 60.7 Å². The van der Waals surface area contributed by atoms with Crippen molar-refractivity contribution >= 4 is 33.1 Å². The number of benzene rings is 6. The van der Waals surface area contributed by atoms with E-state index in [1.165, 1.54) is 24.3 Å². The van der Waals surface area contributed by atoms with Crippen LogP contribution in [0.4, 0.5) is 0 Å². The predicted molar refractivity (Wildman–Crippen MR) is 167 cm³/mol. The first-order valence-electron chi connectivity index (χ1n) is 14.9. The average Bonchev–Trinajstić information content (AvgIpc) is 3.06. The Bertz CT molecular complexity index is 2240. The van der Waals surface area contributed by atoms with Gasteiger partial charge < -0.3 is 29.9 Å². The van der Waals surface area contributed by atoms with Crippen molar-refractivity contribution in [2.45, 2.75) is 23.4 Å². The molecule has 4 atom stereocenters. The fourth-order valence-corrected chi connectivity index (χ4v) is 8.25. The van der Waals surface area contributed by atoms with Gasteiger partial charge in [-0.3, -0.25) is 9.59 Å². The molecule has 2 aliphatic heterocycles. The number of ketones is 2. The highest BCUT2D eigenvalue weighted by Gasteiger charge is 2.70. The van der Waals surface area contributed by atoms with Crippen LogP contribution in [0.3, 0.4) is 0 Å². The summed E-state index contributed by atoms with van der Waals surface area (Å²) < 4.78 is 12.7. The van der Waals surface area contributed by atoms with E-state index < -0.39 is 35.0 Å². The molecule has 4 N–H and O–H groups in total. The van der Waals surface area contributed by atoms with Gasteiger partial charge in [0.25, 0.3) is 11.6 Å². The van der Waals surface area contributed by atoms with Gasteiger partial charge in [0.2, 0.25) is 11.6 Å². The first-order valence-corrected chi connectivity index (χ1v) is 14.9. The minimum absolute atomic E-state index is 0.0719. The number of Topliss-reactive ketones (excluding diaryl/α,β-unsaturated/α-hetero) is 2. The van der Waals surface area contributed by atoms with Crippen molar-refractivity contribution in [3.63, 3.8) is 0 Å². The van der Waals surface area contributed by atoms with E-state index in [-0.39, 0.29) is 34.1 Å². The first kappa shape index (κ1) is 25.6. The molecule has 4 aliphatic rings. The van der Waals surface area contributed by atoms with E-state index in [1.807, 2.05) is 12.1 Å². The maximum atomic E-state index is 14.7. The molecular formula is C38H22O8. The lowest BCUT2D eigenvalue weighted by Gasteiger charge is -2.55. The van der Waals surface area contributed by atoms with Crippen LogP contribution in [-0.2, 0) is 0 Å². The van der Waals surface area contributed by atoms with E-state index in [0.29, 0.717) is 44.2 Å². The molecule has 2 aliphatic carbocycles. The first-order chi connectivity index (χ1) is 22.2. The average molecular weight is 607 g/mol. The number of hydrogen-bond acceptors (Lipinski definition) is 8. The normalized spacial score (nSPS) is 24.7. The van der Waals surface area contributed by atoms with Gasteiger partial charge >= 0.3 is 0 Å². The third-order valence-corrected chi connectivity index (χ3v) is 10.2. The summed E-state index contributed by atoms with van der Waals surface area (Å²) in [5.41, 5.74) is 3.80. The lowest BCUT2D eigenvalue weighted by molar-refractivity contribution is -0.193. The van der Waals surface area contributed by atoms with E-state index in [9.17, 15) is 30.0 Å². The lowest BCUT2D eigenvalue weighted by atomic mass is 9.59. The van der Waals surface area contributed by atoms with Crippen molar-refractivity contribution in [1.82, 2.24) is 0 Å². The number of ether oxygens (including phenoxy) is 2. The molecule has 222 valence electrons. The van der Waals surface area contributed by atoms with Crippen LogP contribution in [0.5, 0.6) is 23.0 Å². The zero-order valence-corrected chi connectivity index (χ0v) is 23.8. The van der Waals surface area contributed by atoms with Gasteiger partial charge in [0, 0.05) is 33.0 Å². The van der Waals surface area contributed by atoms with Gasteiger partial charge in [-0.15, -0.1) is 0 Å². The van der Waals surface area contributed by atoms with Gasteiger partial charge in [-0.2, -0.15) is 0 Å². The van der Waals surface area contributed by atoms with Crippen molar-refractivity contribution in [3.05, 3.63) is 119 Å². The van der Waals surface area contributed by atoms with Gasteiger partial charge in [0.15, 0.2) is 0 Å². The van der Waals surface area contributed by atoms with Crippen LogP contribution in [0.1, 0.15) is 43.7 Å². The van der Waals surface area contributed by atoms with Gasteiger partial charge in [0.1, 0.15) is 23.0 Å². The Labute approximate surface area is 260 Å². The molecule has 6 aromatic rings. The molecule has 2 heterocycles. The third kappa shape index (κ3) is 2.87. The van der Waals surface area contributed by atoms with Crippen LogP contribution in [0.15, 0.2) is 97.1 Å². The number of rotatable bonds is 2. The smallest absolute Gasteiger partial charge is 0.280 e. The minimum Gasteiger partial charge on any atom is -0.508 e. The molecule has 10 rings (SSSR count). The van der Waals surface area contributed by atoms with Crippen molar-refractivity contribution < 1.29 is 39.5 Å². The molecule has 46 heavy (non-hydrogen) atoms. The quantitative estimate of drug-likeness (QED) is 0.184. The molecule has 0 spiro atoms. The highest BCUT2D eigenvalue weighted by atomic mass is 16.6. The molecular weight excluding hydrogens is 584 g/mol. The Morgan fingerprint density at radius 3 is 1.26 bits per heavy atom. The number of phenols is 2. The SMILES string of the molecule is O=C1c2c(-c3ccc(O)cc3)ccc3ccc4c(c23)[C@H]2[C@@H]3c5c(ccc6ccc(-c7ccc(O)cc7)c(c56)C(=O)[C@]3(O)O4)O[C@@]12O. The van der Waals surface area contributed by atoms with Crippen molar-refractivity contribution in [2.24, 2.45) is 0 Å². The number of aliphatic hydroxyl groups is 2. The second-order valence-electron chi connectivity index (χ2n) is 12.4.